The molecule has 0 saturated heterocycles. The number of nitrogens with one attached hydrogen (secondary N) is 2. The molecule has 1 heterocycles. The van der Waals surface area contributed by atoms with Crippen LogP contribution in [0.25, 0.3) is 22.0 Å². The van der Waals surface area contributed by atoms with Gasteiger partial charge in [0.2, 0.25) is 0 Å². The normalized spacial score (nSPS) is 11.3. The zero-order valence-corrected chi connectivity index (χ0v) is 21.4. The Hall–Kier alpha value is -4.98. The second-order valence-electron chi connectivity index (χ2n) is 9.32. The Kier molecular flexibility index (Phi) is 7.33. The minimum Gasteiger partial charge on any atom is -0.348 e. The number of para-hydroxylation sites is 1. The largest absolute Gasteiger partial charge is 0.416 e. The number of amides is 2. The van der Waals surface area contributed by atoms with E-state index in [4.69, 9.17) is 0 Å². The molecule has 0 spiro atoms. The van der Waals surface area contributed by atoms with E-state index >= 15 is 0 Å². The summed E-state index contributed by atoms with van der Waals surface area (Å²) in [6, 6.07) is 27.9. The smallest absolute Gasteiger partial charge is 0.348 e. The first-order valence-corrected chi connectivity index (χ1v) is 12.5. The van der Waals surface area contributed by atoms with Crippen LogP contribution in [0.5, 0.6) is 0 Å². The number of benzene rings is 4. The number of nitrogens with zero attached hydrogens (tertiary/aromatic N) is 1. The average Bonchev–Trinajstić information content (AvgIpc) is 2.96. The number of rotatable bonds is 6. The van der Waals surface area contributed by atoms with Crippen molar-refractivity contribution >= 4 is 28.5 Å². The van der Waals surface area contributed by atoms with Gasteiger partial charge < -0.3 is 10.6 Å². The third kappa shape index (κ3) is 5.86. The summed E-state index contributed by atoms with van der Waals surface area (Å²) >= 11 is 0. The van der Waals surface area contributed by atoms with E-state index in [-0.39, 0.29) is 23.5 Å². The van der Waals surface area contributed by atoms with Crippen LogP contribution in [0.3, 0.4) is 0 Å². The monoisotopic (exact) mass is 539 g/mol. The lowest BCUT2D eigenvalue weighted by Crippen LogP contribution is -2.25. The van der Waals surface area contributed by atoms with Gasteiger partial charge in [-0.05, 0) is 53.9 Å². The van der Waals surface area contributed by atoms with Gasteiger partial charge in [0, 0.05) is 17.5 Å². The number of hydrogen-bond donors (Lipinski definition) is 2. The summed E-state index contributed by atoms with van der Waals surface area (Å²) in [6.45, 7) is 2.27. The predicted molar refractivity (Wildman–Crippen MR) is 149 cm³/mol. The average molecular weight is 540 g/mol. The highest BCUT2D eigenvalue weighted by molar-refractivity contribution is 6.12. The Morgan fingerprint density at radius 2 is 1.45 bits per heavy atom. The molecule has 5 aromatic rings. The van der Waals surface area contributed by atoms with Gasteiger partial charge in [-0.3, -0.25) is 9.59 Å². The van der Waals surface area contributed by atoms with Gasteiger partial charge in [0.1, 0.15) is 5.82 Å². The molecule has 2 amide bonds. The molecule has 0 unspecified atom stereocenters. The summed E-state index contributed by atoms with van der Waals surface area (Å²) in [5.41, 5.74) is 3.14. The summed E-state index contributed by atoms with van der Waals surface area (Å²) in [5, 5.41) is 6.37. The van der Waals surface area contributed by atoms with Crippen molar-refractivity contribution in [2.45, 2.75) is 19.6 Å². The van der Waals surface area contributed by atoms with Crippen molar-refractivity contribution in [3.05, 3.63) is 131 Å². The van der Waals surface area contributed by atoms with Crippen LogP contribution >= 0.6 is 0 Å². The van der Waals surface area contributed by atoms with Crippen molar-refractivity contribution in [3.63, 3.8) is 0 Å². The highest BCUT2D eigenvalue weighted by Gasteiger charge is 2.30. The molecule has 1 aromatic heterocycles. The molecular weight excluding hydrogens is 515 g/mol. The highest BCUT2D eigenvalue weighted by atomic mass is 19.4. The second-order valence-corrected chi connectivity index (χ2v) is 9.32. The molecule has 0 fully saturated rings. The maximum absolute atomic E-state index is 13.5. The lowest BCUT2D eigenvalue weighted by atomic mass is 9.98. The van der Waals surface area contributed by atoms with Crippen LogP contribution in [0.15, 0.2) is 103 Å². The van der Waals surface area contributed by atoms with E-state index in [1.165, 1.54) is 12.1 Å². The fourth-order valence-electron chi connectivity index (χ4n) is 4.31. The van der Waals surface area contributed by atoms with Crippen molar-refractivity contribution < 1.29 is 22.8 Å². The van der Waals surface area contributed by atoms with Crippen molar-refractivity contribution in [1.29, 1.82) is 0 Å². The van der Waals surface area contributed by atoms with Gasteiger partial charge in [-0.1, -0.05) is 78.4 Å². The maximum Gasteiger partial charge on any atom is 0.416 e. The first kappa shape index (κ1) is 26.6. The highest BCUT2D eigenvalue weighted by Crippen LogP contribution is 2.32. The quantitative estimate of drug-likeness (QED) is 0.236. The molecule has 5 nitrogen and oxygen atoms in total. The SMILES string of the molecule is Cc1ccc(CNC(=O)c2cc3ccccc3nc2NC(=O)c2ccccc2-c2ccc(C(F)(F)F)cc2)cc1. The van der Waals surface area contributed by atoms with Gasteiger partial charge in [-0.15, -0.1) is 0 Å². The number of pyridine rings is 1. The Morgan fingerprint density at radius 3 is 2.17 bits per heavy atom. The second kappa shape index (κ2) is 11.0. The van der Waals surface area contributed by atoms with Gasteiger partial charge >= 0.3 is 6.18 Å². The lowest BCUT2D eigenvalue weighted by molar-refractivity contribution is -0.137. The molecule has 4 aromatic carbocycles. The molecule has 0 aliphatic heterocycles. The molecule has 200 valence electrons. The summed E-state index contributed by atoms with van der Waals surface area (Å²) in [6.07, 6.45) is -4.46. The first-order valence-electron chi connectivity index (χ1n) is 12.5. The van der Waals surface area contributed by atoms with E-state index in [2.05, 4.69) is 15.6 Å². The van der Waals surface area contributed by atoms with Crippen molar-refractivity contribution in [1.82, 2.24) is 10.3 Å². The zero-order valence-electron chi connectivity index (χ0n) is 21.4. The van der Waals surface area contributed by atoms with Crippen molar-refractivity contribution in [2.24, 2.45) is 0 Å². The Labute approximate surface area is 228 Å². The number of halogens is 3. The topological polar surface area (TPSA) is 71.1 Å². The fourth-order valence-corrected chi connectivity index (χ4v) is 4.31. The maximum atomic E-state index is 13.5. The van der Waals surface area contributed by atoms with Gasteiger partial charge in [-0.25, -0.2) is 4.98 Å². The lowest BCUT2D eigenvalue weighted by Gasteiger charge is -2.14. The minimum atomic E-state index is -4.46. The number of aromatic nitrogens is 1. The minimum absolute atomic E-state index is 0.0762. The van der Waals surface area contributed by atoms with Gasteiger partial charge in [0.25, 0.3) is 11.8 Å². The zero-order chi connectivity index (χ0) is 28.3. The van der Waals surface area contributed by atoms with E-state index in [1.54, 1.807) is 42.5 Å². The Bertz CT molecular complexity index is 1700. The van der Waals surface area contributed by atoms with Crippen LogP contribution in [-0.4, -0.2) is 16.8 Å². The summed E-state index contributed by atoms with van der Waals surface area (Å²) in [7, 11) is 0. The van der Waals surface area contributed by atoms with Crippen LogP contribution in [-0.2, 0) is 12.7 Å². The molecule has 40 heavy (non-hydrogen) atoms. The molecular formula is C32H24F3N3O2. The standard InChI is InChI=1S/C32H24F3N3O2/c1-20-10-12-21(13-11-20)19-36-30(39)27-18-23-6-2-5-9-28(23)37-29(27)38-31(40)26-8-4-3-7-25(26)22-14-16-24(17-15-22)32(33,34)35/h2-18H,19H2,1H3,(H,36,39)(H,37,38,40). The molecule has 8 heteroatoms. The molecule has 0 aliphatic rings. The van der Waals surface area contributed by atoms with E-state index in [1.807, 2.05) is 43.3 Å². The van der Waals surface area contributed by atoms with Gasteiger partial charge in [-0.2, -0.15) is 13.2 Å². The number of alkyl halides is 3. The molecule has 0 saturated carbocycles. The number of hydrogen-bond acceptors (Lipinski definition) is 3. The van der Waals surface area contributed by atoms with E-state index in [9.17, 15) is 22.8 Å². The van der Waals surface area contributed by atoms with E-state index in [0.29, 0.717) is 16.6 Å². The number of anilines is 1. The van der Waals surface area contributed by atoms with E-state index < -0.39 is 23.6 Å². The molecule has 0 bridgehead atoms. The summed E-state index contributed by atoms with van der Waals surface area (Å²) in [4.78, 5) is 31.3. The van der Waals surface area contributed by atoms with Crippen LogP contribution in [0, 0.1) is 6.92 Å². The van der Waals surface area contributed by atoms with Crippen molar-refractivity contribution in [3.8, 4) is 11.1 Å². The molecule has 0 aliphatic carbocycles. The number of carbonyl (C=O) groups excluding carboxylic acids is 2. The fraction of sp³-hybridized carbons (Fsp3) is 0.0938. The number of aryl methyl sites for hydroxylation is 1. The summed E-state index contributed by atoms with van der Waals surface area (Å²) < 4.78 is 39.1. The summed E-state index contributed by atoms with van der Waals surface area (Å²) in [5.74, 6) is -0.886. The van der Waals surface area contributed by atoms with E-state index in [0.717, 1.165) is 28.6 Å². The molecule has 0 radical (unpaired) electrons. The number of fused-ring (bicyclic) bond motifs is 1. The first-order chi connectivity index (χ1) is 19.2. The Balaban J connectivity index is 1.45. The van der Waals surface area contributed by atoms with Gasteiger partial charge in [0.15, 0.2) is 0 Å². The third-order valence-corrected chi connectivity index (χ3v) is 6.47. The van der Waals surface area contributed by atoms with Crippen molar-refractivity contribution in [2.75, 3.05) is 5.32 Å². The van der Waals surface area contributed by atoms with Crippen LogP contribution in [0.4, 0.5) is 19.0 Å². The predicted octanol–water partition coefficient (Wildman–Crippen LogP) is 7.41. The molecule has 5 rings (SSSR count). The van der Waals surface area contributed by atoms with Gasteiger partial charge in [0.05, 0.1) is 16.6 Å². The molecule has 2 N–H and O–H groups in total. The Morgan fingerprint density at radius 1 is 0.775 bits per heavy atom. The van der Waals surface area contributed by atoms with Crippen LogP contribution < -0.4 is 10.6 Å². The van der Waals surface area contributed by atoms with Crippen LogP contribution in [0.2, 0.25) is 0 Å². The third-order valence-electron chi connectivity index (χ3n) is 6.47. The van der Waals surface area contributed by atoms with Crippen LogP contribution in [0.1, 0.15) is 37.4 Å². The molecule has 0 atom stereocenters. The number of carbonyl (C=O) groups is 2.